The Bertz CT molecular complexity index is 296. The fourth-order valence-electron chi connectivity index (χ4n) is 1.14. The quantitative estimate of drug-likeness (QED) is 0.537. The van der Waals surface area contributed by atoms with Crippen molar-refractivity contribution < 1.29 is 4.79 Å². The first-order chi connectivity index (χ1) is 5.36. The van der Waals surface area contributed by atoms with E-state index in [4.69, 9.17) is 0 Å². The van der Waals surface area contributed by atoms with Gasteiger partial charge in [0, 0.05) is 12.2 Å². The zero-order chi connectivity index (χ0) is 7.68. The van der Waals surface area contributed by atoms with Crippen LogP contribution in [0.15, 0.2) is 24.3 Å². The largest absolute Gasteiger partial charge is 0.334 e. The summed E-state index contributed by atoms with van der Waals surface area (Å²) in [6.45, 7) is 0.627. The average molecular weight is 149 g/mol. The lowest BCUT2D eigenvalue weighted by Gasteiger charge is -2.17. The first-order valence-electron chi connectivity index (χ1n) is 3.49. The number of para-hydroxylation sites is 1. The van der Waals surface area contributed by atoms with Crippen LogP contribution in [0.5, 0.6) is 0 Å². The van der Waals surface area contributed by atoms with Gasteiger partial charge in [-0.15, -0.1) is 0 Å². The second-order valence-electron chi connectivity index (χ2n) is 2.46. The molecule has 1 aliphatic rings. The summed E-state index contributed by atoms with van der Waals surface area (Å²) < 4.78 is 0. The minimum atomic E-state index is -0.122. The molecule has 0 bridgehead atoms. The molecule has 0 saturated heterocycles. The van der Waals surface area contributed by atoms with Gasteiger partial charge in [-0.3, -0.25) is 0 Å². The average Bonchev–Trinajstić information content (AvgIpc) is 2.04. The van der Waals surface area contributed by atoms with Gasteiger partial charge in [0.15, 0.2) is 0 Å². The molecule has 11 heavy (non-hydrogen) atoms. The van der Waals surface area contributed by atoms with Crippen molar-refractivity contribution in [1.82, 2.24) is 5.32 Å². The predicted octanol–water partition coefficient (Wildman–Crippen LogP) is 1.32. The monoisotopic (exact) mass is 149 g/mol. The second-order valence-corrected chi connectivity index (χ2v) is 2.46. The maximum Gasteiger partial charge on any atom is 0.319 e. The molecule has 0 aromatic heterocycles. The number of carbonyl (C=O) groups is 1. The molecule has 0 aliphatic carbocycles. The SMILES string of the molecule is O=[13C]1NCc2ccccc2N1. The van der Waals surface area contributed by atoms with Gasteiger partial charge >= 0.3 is 6.03 Å². The third kappa shape index (κ3) is 1.05. The lowest BCUT2D eigenvalue weighted by Crippen LogP contribution is -2.33. The molecule has 1 aromatic rings. The van der Waals surface area contributed by atoms with Gasteiger partial charge in [-0.2, -0.15) is 0 Å². The number of benzene rings is 1. The van der Waals surface area contributed by atoms with Gasteiger partial charge in [0.25, 0.3) is 0 Å². The lowest BCUT2D eigenvalue weighted by atomic mass is 10.2. The van der Waals surface area contributed by atoms with Crippen molar-refractivity contribution in [3.8, 4) is 0 Å². The van der Waals surface area contributed by atoms with E-state index in [2.05, 4.69) is 10.6 Å². The van der Waals surface area contributed by atoms with Crippen LogP contribution in [-0.4, -0.2) is 6.03 Å². The van der Waals surface area contributed by atoms with Crippen LogP contribution in [0.1, 0.15) is 5.56 Å². The number of urea groups is 1. The highest BCUT2D eigenvalue weighted by molar-refractivity contribution is 5.92. The van der Waals surface area contributed by atoms with Crippen LogP contribution in [0.3, 0.4) is 0 Å². The van der Waals surface area contributed by atoms with Crippen LogP contribution < -0.4 is 10.6 Å². The highest BCUT2D eigenvalue weighted by atomic mass is 16.2. The predicted molar refractivity (Wildman–Crippen MR) is 42.3 cm³/mol. The van der Waals surface area contributed by atoms with E-state index in [1.54, 1.807) is 0 Å². The topological polar surface area (TPSA) is 41.1 Å². The van der Waals surface area contributed by atoms with Crippen molar-refractivity contribution in [2.45, 2.75) is 6.54 Å². The number of amides is 2. The fraction of sp³-hybridized carbons (Fsp3) is 0.125. The van der Waals surface area contributed by atoms with Crippen LogP contribution in [0.4, 0.5) is 10.5 Å². The number of nitrogens with one attached hydrogen (secondary N) is 2. The van der Waals surface area contributed by atoms with Crippen molar-refractivity contribution in [3.63, 3.8) is 0 Å². The Morgan fingerprint density at radius 1 is 1.27 bits per heavy atom. The summed E-state index contributed by atoms with van der Waals surface area (Å²) in [4.78, 5) is 10.8. The molecule has 1 aromatic carbocycles. The highest BCUT2D eigenvalue weighted by Crippen LogP contribution is 2.16. The number of hydrogen-bond acceptors (Lipinski definition) is 1. The molecule has 0 fully saturated rings. The van der Waals surface area contributed by atoms with E-state index in [-0.39, 0.29) is 6.03 Å². The van der Waals surface area contributed by atoms with Crippen LogP contribution in [0, 0.1) is 0 Å². The van der Waals surface area contributed by atoms with E-state index in [1.807, 2.05) is 24.3 Å². The van der Waals surface area contributed by atoms with Crippen LogP contribution in [0.25, 0.3) is 0 Å². The molecule has 3 nitrogen and oxygen atoms in total. The molecule has 1 heterocycles. The Hall–Kier alpha value is -1.51. The van der Waals surface area contributed by atoms with Gasteiger partial charge in [0.1, 0.15) is 0 Å². The van der Waals surface area contributed by atoms with E-state index in [0.717, 1.165) is 11.3 Å². The van der Waals surface area contributed by atoms with Gasteiger partial charge in [-0.25, -0.2) is 4.79 Å². The molecule has 0 spiro atoms. The Morgan fingerprint density at radius 2 is 2.09 bits per heavy atom. The smallest absolute Gasteiger partial charge is 0.319 e. The van der Waals surface area contributed by atoms with Gasteiger partial charge in [0.05, 0.1) is 0 Å². The summed E-state index contributed by atoms with van der Waals surface area (Å²) in [5.41, 5.74) is 2.04. The first kappa shape index (κ1) is 6.22. The molecule has 1 aliphatic heterocycles. The number of fused-ring (bicyclic) bond motifs is 1. The van der Waals surface area contributed by atoms with Gasteiger partial charge in [0.2, 0.25) is 0 Å². The van der Waals surface area contributed by atoms with Gasteiger partial charge in [-0.05, 0) is 11.6 Å². The zero-order valence-corrected chi connectivity index (χ0v) is 5.92. The summed E-state index contributed by atoms with van der Waals surface area (Å²) in [5, 5.41) is 5.40. The molecule has 56 valence electrons. The Balaban J connectivity index is 2.41. The molecule has 0 atom stereocenters. The lowest BCUT2D eigenvalue weighted by molar-refractivity contribution is 0.251. The third-order valence-corrected chi connectivity index (χ3v) is 1.70. The maximum atomic E-state index is 10.8. The summed E-state index contributed by atoms with van der Waals surface area (Å²) in [6, 6.07) is 7.63. The first-order valence-corrected chi connectivity index (χ1v) is 3.49. The number of anilines is 1. The highest BCUT2D eigenvalue weighted by Gasteiger charge is 2.11. The molecule has 2 rings (SSSR count). The zero-order valence-electron chi connectivity index (χ0n) is 5.92. The minimum absolute atomic E-state index is 0.122. The fourth-order valence-corrected chi connectivity index (χ4v) is 1.14. The van der Waals surface area contributed by atoms with E-state index >= 15 is 0 Å². The normalized spacial score (nSPS) is 14.7. The molecular formula is C8H8N2O. The molecular weight excluding hydrogens is 141 g/mol. The van der Waals surface area contributed by atoms with Gasteiger partial charge < -0.3 is 10.6 Å². The van der Waals surface area contributed by atoms with Crippen molar-refractivity contribution in [2.24, 2.45) is 0 Å². The van der Waals surface area contributed by atoms with Crippen molar-refractivity contribution in [3.05, 3.63) is 29.8 Å². The summed E-state index contributed by atoms with van der Waals surface area (Å²) >= 11 is 0. The second kappa shape index (κ2) is 2.27. The Kier molecular flexibility index (Phi) is 1.28. The number of carbonyl (C=O) groups excluding carboxylic acids is 1. The molecule has 0 unspecified atom stereocenters. The van der Waals surface area contributed by atoms with Crippen molar-refractivity contribution >= 4 is 11.7 Å². The van der Waals surface area contributed by atoms with Crippen LogP contribution in [0.2, 0.25) is 0 Å². The molecule has 0 saturated carbocycles. The number of rotatable bonds is 0. The maximum absolute atomic E-state index is 10.8. The summed E-state index contributed by atoms with van der Waals surface area (Å²) in [5.74, 6) is 0. The molecule has 3 heteroatoms. The van der Waals surface area contributed by atoms with Crippen molar-refractivity contribution in [1.29, 1.82) is 0 Å². The summed E-state index contributed by atoms with van der Waals surface area (Å²) in [6.07, 6.45) is 0. The summed E-state index contributed by atoms with van der Waals surface area (Å²) in [7, 11) is 0. The standard InChI is InChI=1S/C8H8N2O/c11-8-9-5-6-3-1-2-4-7(6)10-8/h1-4H,5H2,(H2,9,10,11)/i8+1. The molecule has 0 radical (unpaired) electrons. The van der Waals surface area contributed by atoms with Crippen molar-refractivity contribution in [2.75, 3.05) is 5.32 Å². The van der Waals surface area contributed by atoms with E-state index < -0.39 is 0 Å². The molecule has 2 amide bonds. The minimum Gasteiger partial charge on any atom is -0.334 e. The van der Waals surface area contributed by atoms with Crippen LogP contribution in [-0.2, 0) is 6.54 Å². The van der Waals surface area contributed by atoms with E-state index in [0.29, 0.717) is 6.54 Å². The van der Waals surface area contributed by atoms with E-state index in [1.165, 1.54) is 0 Å². The van der Waals surface area contributed by atoms with E-state index in [9.17, 15) is 4.79 Å². The van der Waals surface area contributed by atoms with Crippen LogP contribution >= 0.6 is 0 Å². The Morgan fingerprint density at radius 3 is 3.00 bits per heavy atom. The number of hydrogen-bond donors (Lipinski definition) is 2. The van der Waals surface area contributed by atoms with Gasteiger partial charge in [-0.1, -0.05) is 18.2 Å². The third-order valence-electron chi connectivity index (χ3n) is 1.70. The Labute approximate surface area is 64.4 Å². The molecule has 2 N–H and O–H groups in total.